The summed E-state index contributed by atoms with van der Waals surface area (Å²) in [6, 6.07) is 4.92. The summed E-state index contributed by atoms with van der Waals surface area (Å²) >= 11 is 3.26. The molecule has 0 unspecified atom stereocenters. The van der Waals surface area contributed by atoms with E-state index < -0.39 is 15.3 Å². The molecular formula is C13H20BrClN4O4. The van der Waals surface area contributed by atoms with E-state index in [1.54, 1.807) is 0 Å². The van der Waals surface area contributed by atoms with E-state index in [1.807, 2.05) is 19.2 Å². The minimum absolute atomic E-state index is 0. The maximum Gasteiger partial charge on any atom is 0.318 e. The number of primary amides is 1. The molecule has 0 fully saturated rings. The minimum Gasteiger partial charge on any atom is -0.399 e. The number of nitrogens with zero attached hydrogens (tertiary/aromatic N) is 1. The molecule has 0 spiro atoms. The molecule has 0 aliphatic heterocycles. The van der Waals surface area contributed by atoms with Gasteiger partial charge >= 0.3 is 6.03 Å². The SMILES string of the molecule is CCC(Br)(CC)C(=O)NC(N)=O.Cl.Nc1ccc([N+](=O)[O-])cc1. The van der Waals surface area contributed by atoms with Crippen molar-refractivity contribution in [2.75, 3.05) is 5.73 Å². The number of benzene rings is 1. The zero-order valence-electron chi connectivity index (χ0n) is 12.7. The number of carbonyl (C=O) groups is 2. The van der Waals surface area contributed by atoms with E-state index in [0.717, 1.165) is 0 Å². The fourth-order valence-corrected chi connectivity index (χ4v) is 1.49. The number of nitrogens with one attached hydrogen (secondary N) is 1. The molecule has 10 heteroatoms. The molecule has 0 aliphatic carbocycles. The van der Waals surface area contributed by atoms with E-state index in [4.69, 9.17) is 11.5 Å². The number of amides is 3. The number of nitrogen functional groups attached to an aromatic ring is 1. The number of nitrogens with two attached hydrogens (primary N) is 2. The van der Waals surface area contributed by atoms with Crippen molar-refractivity contribution < 1.29 is 14.5 Å². The normalized spacial score (nSPS) is 9.70. The molecule has 0 radical (unpaired) electrons. The Bertz CT molecular complexity index is 535. The van der Waals surface area contributed by atoms with Gasteiger partial charge in [-0.25, -0.2) is 4.79 Å². The van der Waals surface area contributed by atoms with Crippen LogP contribution in [0.15, 0.2) is 24.3 Å². The van der Waals surface area contributed by atoms with E-state index in [2.05, 4.69) is 15.9 Å². The lowest BCUT2D eigenvalue weighted by Gasteiger charge is -2.21. The Morgan fingerprint density at radius 2 is 1.70 bits per heavy atom. The maximum atomic E-state index is 11.3. The van der Waals surface area contributed by atoms with E-state index >= 15 is 0 Å². The number of alkyl halides is 1. The van der Waals surface area contributed by atoms with Crippen LogP contribution in [0.3, 0.4) is 0 Å². The second-order valence-corrected chi connectivity index (χ2v) is 5.86. The fourth-order valence-electron chi connectivity index (χ4n) is 1.39. The third-order valence-corrected chi connectivity index (χ3v) is 4.35. The van der Waals surface area contributed by atoms with E-state index in [1.165, 1.54) is 24.3 Å². The van der Waals surface area contributed by atoms with Crippen LogP contribution in [0.2, 0.25) is 0 Å². The van der Waals surface area contributed by atoms with Gasteiger partial charge in [0.15, 0.2) is 0 Å². The summed E-state index contributed by atoms with van der Waals surface area (Å²) in [5.74, 6) is -0.375. The number of hydrogen-bond donors (Lipinski definition) is 3. The molecule has 8 nitrogen and oxygen atoms in total. The Balaban J connectivity index is 0. The predicted octanol–water partition coefficient (Wildman–Crippen LogP) is 2.73. The lowest BCUT2D eigenvalue weighted by molar-refractivity contribution is -0.384. The highest BCUT2D eigenvalue weighted by atomic mass is 79.9. The number of nitro benzene ring substituents is 1. The average Bonchev–Trinajstić information content (AvgIpc) is 2.46. The van der Waals surface area contributed by atoms with Crippen molar-refractivity contribution in [2.24, 2.45) is 5.73 Å². The van der Waals surface area contributed by atoms with Crippen molar-refractivity contribution in [2.45, 2.75) is 31.0 Å². The number of rotatable bonds is 4. The van der Waals surface area contributed by atoms with Crippen LogP contribution in [0.4, 0.5) is 16.2 Å². The molecule has 5 N–H and O–H groups in total. The first-order valence-corrected chi connectivity index (χ1v) is 7.25. The average molecular weight is 412 g/mol. The number of hydrogen-bond acceptors (Lipinski definition) is 5. The minimum atomic E-state index is -0.814. The molecule has 130 valence electrons. The zero-order chi connectivity index (χ0) is 17.3. The van der Waals surface area contributed by atoms with Crippen molar-refractivity contribution in [3.05, 3.63) is 34.4 Å². The summed E-state index contributed by atoms with van der Waals surface area (Å²) in [7, 11) is 0. The number of non-ortho nitro benzene ring substituents is 1. The Morgan fingerprint density at radius 1 is 1.26 bits per heavy atom. The van der Waals surface area contributed by atoms with Gasteiger partial charge in [-0.05, 0) is 25.0 Å². The van der Waals surface area contributed by atoms with Gasteiger partial charge in [0.25, 0.3) is 5.69 Å². The topological polar surface area (TPSA) is 141 Å². The molecular weight excluding hydrogens is 392 g/mol. The second kappa shape index (κ2) is 10.8. The summed E-state index contributed by atoms with van der Waals surface area (Å²) in [5.41, 5.74) is 10.7. The number of nitro groups is 1. The van der Waals surface area contributed by atoms with Gasteiger partial charge in [0.05, 0.1) is 4.92 Å². The van der Waals surface area contributed by atoms with Gasteiger partial charge in [-0.15, -0.1) is 12.4 Å². The largest absolute Gasteiger partial charge is 0.399 e. The standard InChI is InChI=1S/C7H13BrN2O2.C6H6N2O2.ClH/c1-3-7(8,4-2)5(11)10-6(9)12;7-5-1-3-6(4-2-5)8(9)10;/h3-4H2,1-2H3,(H3,9,10,11,12);1-4H,7H2;1H. The van der Waals surface area contributed by atoms with Crippen LogP contribution in [0.5, 0.6) is 0 Å². The summed E-state index contributed by atoms with van der Waals surface area (Å²) in [5, 5.41) is 12.1. The molecule has 0 bridgehead atoms. The van der Waals surface area contributed by atoms with Crippen LogP contribution in [0.25, 0.3) is 0 Å². The van der Waals surface area contributed by atoms with E-state index in [-0.39, 0.29) is 24.0 Å². The number of urea groups is 1. The van der Waals surface area contributed by atoms with Crippen molar-refractivity contribution in [1.82, 2.24) is 5.32 Å². The van der Waals surface area contributed by atoms with Gasteiger partial charge in [0.2, 0.25) is 5.91 Å². The van der Waals surface area contributed by atoms with Gasteiger partial charge in [-0.2, -0.15) is 0 Å². The predicted molar refractivity (Wildman–Crippen MR) is 94.7 cm³/mol. The van der Waals surface area contributed by atoms with Gasteiger partial charge in [0, 0.05) is 17.8 Å². The lowest BCUT2D eigenvalue weighted by Crippen LogP contribution is -2.46. The first-order chi connectivity index (χ1) is 10.2. The van der Waals surface area contributed by atoms with Crippen LogP contribution in [-0.2, 0) is 4.79 Å². The van der Waals surface area contributed by atoms with Crippen LogP contribution in [0, 0.1) is 10.1 Å². The van der Waals surface area contributed by atoms with Gasteiger partial charge in [-0.1, -0.05) is 29.8 Å². The Morgan fingerprint density at radius 3 is 2.00 bits per heavy atom. The molecule has 0 atom stereocenters. The lowest BCUT2D eigenvalue weighted by atomic mass is 10.0. The molecule has 0 heterocycles. The first-order valence-electron chi connectivity index (χ1n) is 6.46. The smallest absolute Gasteiger partial charge is 0.318 e. The summed E-state index contributed by atoms with van der Waals surface area (Å²) < 4.78 is -0.665. The Hall–Kier alpha value is -1.87. The molecule has 1 aromatic carbocycles. The monoisotopic (exact) mass is 410 g/mol. The molecule has 0 aliphatic rings. The number of halogens is 2. The third-order valence-electron chi connectivity index (χ3n) is 2.87. The van der Waals surface area contributed by atoms with Crippen molar-refractivity contribution in [3.63, 3.8) is 0 Å². The third kappa shape index (κ3) is 8.36. The van der Waals surface area contributed by atoms with Crippen LogP contribution in [0.1, 0.15) is 26.7 Å². The molecule has 0 saturated carbocycles. The van der Waals surface area contributed by atoms with Crippen molar-refractivity contribution in [3.8, 4) is 0 Å². The highest BCUT2D eigenvalue weighted by molar-refractivity contribution is 9.10. The van der Waals surface area contributed by atoms with Crippen LogP contribution < -0.4 is 16.8 Å². The number of anilines is 1. The zero-order valence-corrected chi connectivity index (χ0v) is 15.1. The molecule has 23 heavy (non-hydrogen) atoms. The molecule has 1 rings (SSSR count). The second-order valence-electron chi connectivity index (χ2n) is 4.34. The highest BCUT2D eigenvalue weighted by Gasteiger charge is 2.32. The maximum absolute atomic E-state index is 11.3. The summed E-state index contributed by atoms with van der Waals surface area (Å²) in [6.07, 6.45) is 1.23. The summed E-state index contributed by atoms with van der Waals surface area (Å²) in [6.45, 7) is 3.72. The fraction of sp³-hybridized carbons (Fsp3) is 0.385. The van der Waals surface area contributed by atoms with Crippen molar-refractivity contribution >= 4 is 51.7 Å². The van der Waals surface area contributed by atoms with Gasteiger partial charge in [-0.3, -0.25) is 20.2 Å². The molecule has 3 amide bonds. The van der Waals surface area contributed by atoms with E-state index in [9.17, 15) is 19.7 Å². The molecule has 0 saturated heterocycles. The van der Waals surface area contributed by atoms with Gasteiger partial charge < -0.3 is 11.5 Å². The Labute approximate surface area is 148 Å². The number of carbonyl (C=O) groups excluding carboxylic acids is 2. The van der Waals surface area contributed by atoms with Gasteiger partial charge in [0.1, 0.15) is 4.32 Å². The quantitative estimate of drug-likeness (QED) is 0.302. The number of imide groups is 1. The highest BCUT2D eigenvalue weighted by Crippen LogP contribution is 2.26. The van der Waals surface area contributed by atoms with Crippen molar-refractivity contribution in [1.29, 1.82) is 0 Å². The first kappa shape index (κ1) is 23.4. The van der Waals surface area contributed by atoms with E-state index in [0.29, 0.717) is 18.5 Å². The Kier molecular flexibility index (Phi) is 11.0. The van der Waals surface area contributed by atoms with Crippen LogP contribution in [-0.4, -0.2) is 21.2 Å². The molecule has 1 aromatic rings. The summed E-state index contributed by atoms with van der Waals surface area (Å²) in [4.78, 5) is 31.3. The van der Waals surface area contributed by atoms with Crippen LogP contribution >= 0.6 is 28.3 Å². The molecule has 0 aromatic heterocycles.